The number of hydrogen-bond acceptors (Lipinski definition) is 5. The number of urea groups is 1. The van der Waals surface area contributed by atoms with Crippen LogP contribution in [0.4, 0.5) is 14.9 Å². The first kappa shape index (κ1) is 16.4. The lowest BCUT2D eigenvalue weighted by molar-refractivity contribution is 0.251. The van der Waals surface area contributed by atoms with Gasteiger partial charge in [-0.25, -0.2) is 9.18 Å². The summed E-state index contributed by atoms with van der Waals surface area (Å²) in [6, 6.07) is 12.4. The molecular formula is C16H15FN6O2. The van der Waals surface area contributed by atoms with Crippen LogP contribution >= 0.6 is 0 Å². The quantitative estimate of drug-likeness (QED) is 0.741. The number of carbonyl (C=O) groups is 1. The molecular weight excluding hydrogens is 327 g/mol. The lowest BCUT2D eigenvalue weighted by atomic mass is 10.3. The van der Waals surface area contributed by atoms with Crippen molar-refractivity contribution >= 4 is 11.7 Å². The van der Waals surface area contributed by atoms with Crippen molar-refractivity contribution in [2.75, 3.05) is 12.4 Å². The summed E-state index contributed by atoms with van der Waals surface area (Å²) in [6.07, 6.45) is 0. The molecule has 0 radical (unpaired) electrons. The minimum atomic E-state index is -0.429. The maximum atomic E-state index is 13.3. The molecule has 0 aliphatic carbocycles. The van der Waals surface area contributed by atoms with E-state index in [0.29, 0.717) is 22.9 Å². The van der Waals surface area contributed by atoms with Crippen LogP contribution in [0, 0.1) is 5.82 Å². The van der Waals surface area contributed by atoms with Crippen molar-refractivity contribution in [2.45, 2.75) is 6.54 Å². The number of halogens is 1. The number of rotatable bonds is 5. The lowest BCUT2D eigenvalue weighted by Gasteiger charge is -2.09. The number of hydrogen-bond donors (Lipinski definition) is 2. The Morgan fingerprint density at radius 1 is 1.24 bits per heavy atom. The molecule has 0 fully saturated rings. The molecule has 128 valence electrons. The number of methoxy groups -OCH3 is 1. The minimum absolute atomic E-state index is 0.0688. The Labute approximate surface area is 142 Å². The fraction of sp³-hybridized carbons (Fsp3) is 0.125. The zero-order valence-electron chi connectivity index (χ0n) is 13.3. The van der Waals surface area contributed by atoms with Crippen LogP contribution in [0.25, 0.3) is 5.69 Å². The molecule has 2 N–H and O–H groups in total. The van der Waals surface area contributed by atoms with Crippen molar-refractivity contribution in [1.29, 1.82) is 0 Å². The molecule has 0 aliphatic rings. The third-order valence-corrected chi connectivity index (χ3v) is 3.32. The normalized spacial score (nSPS) is 10.3. The molecule has 0 spiro atoms. The second-order valence-electron chi connectivity index (χ2n) is 5.03. The van der Waals surface area contributed by atoms with E-state index in [0.717, 1.165) is 0 Å². The van der Waals surface area contributed by atoms with Crippen LogP contribution in [0.2, 0.25) is 0 Å². The van der Waals surface area contributed by atoms with E-state index < -0.39 is 11.8 Å². The molecule has 9 heteroatoms. The van der Waals surface area contributed by atoms with Crippen LogP contribution in [0.3, 0.4) is 0 Å². The SMILES string of the molecule is COc1cccc(NC(=O)NCc2nnnn2-c2cccc(F)c2)c1. The Balaban J connectivity index is 1.64. The summed E-state index contributed by atoms with van der Waals surface area (Å²) in [4.78, 5) is 12.0. The molecule has 0 aliphatic heterocycles. The van der Waals surface area contributed by atoms with Gasteiger partial charge in [0.25, 0.3) is 0 Å². The lowest BCUT2D eigenvalue weighted by Crippen LogP contribution is -2.29. The van der Waals surface area contributed by atoms with E-state index in [2.05, 4.69) is 26.2 Å². The van der Waals surface area contributed by atoms with Crippen LogP contribution in [-0.2, 0) is 6.54 Å². The van der Waals surface area contributed by atoms with Crippen LogP contribution in [0.1, 0.15) is 5.82 Å². The summed E-state index contributed by atoms with van der Waals surface area (Å²) in [6.45, 7) is 0.0688. The Kier molecular flexibility index (Phi) is 4.84. The molecule has 3 rings (SSSR count). The second-order valence-corrected chi connectivity index (χ2v) is 5.03. The monoisotopic (exact) mass is 342 g/mol. The average Bonchev–Trinajstić information content (AvgIpc) is 3.09. The number of tetrazole rings is 1. The Bertz CT molecular complexity index is 882. The third-order valence-electron chi connectivity index (χ3n) is 3.32. The number of aromatic nitrogens is 4. The van der Waals surface area contributed by atoms with Gasteiger partial charge in [-0.15, -0.1) is 5.10 Å². The van der Waals surface area contributed by atoms with Crippen molar-refractivity contribution in [3.8, 4) is 11.4 Å². The highest BCUT2D eigenvalue weighted by Crippen LogP contribution is 2.16. The topological polar surface area (TPSA) is 94.0 Å². The van der Waals surface area contributed by atoms with Gasteiger partial charge in [-0.2, -0.15) is 4.68 Å². The number of anilines is 1. The first-order valence-corrected chi connectivity index (χ1v) is 7.38. The summed E-state index contributed by atoms with van der Waals surface area (Å²) in [5, 5.41) is 16.6. The predicted octanol–water partition coefficient (Wildman–Crippen LogP) is 2.13. The van der Waals surface area contributed by atoms with E-state index in [1.54, 1.807) is 43.5 Å². The number of benzene rings is 2. The molecule has 0 bridgehead atoms. The third kappa shape index (κ3) is 4.08. The fourth-order valence-corrected chi connectivity index (χ4v) is 2.16. The predicted molar refractivity (Wildman–Crippen MR) is 88.0 cm³/mol. The molecule has 25 heavy (non-hydrogen) atoms. The summed E-state index contributed by atoms with van der Waals surface area (Å²) in [5.74, 6) is 0.599. The number of nitrogens with one attached hydrogen (secondary N) is 2. The van der Waals surface area contributed by atoms with Gasteiger partial charge in [-0.1, -0.05) is 12.1 Å². The van der Waals surface area contributed by atoms with E-state index in [1.165, 1.54) is 16.8 Å². The molecule has 2 aromatic carbocycles. The van der Waals surface area contributed by atoms with Crippen LogP contribution < -0.4 is 15.4 Å². The molecule has 0 saturated heterocycles. The summed E-state index contributed by atoms with van der Waals surface area (Å²) in [5.41, 5.74) is 1.05. The van der Waals surface area contributed by atoms with Crippen LogP contribution in [0.5, 0.6) is 5.75 Å². The van der Waals surface area contributed by atoms with Gasteiger partial charge in [0.05, 0.1) is 19.3 Å². The van der Waals surface area contributed by atoms with Gasteiger partial charge in [0.1, 0.15) is 11.6 Å². The molecule has 3 aromatic rings. The van der Waals surface area contributed by atoms with Crippen molar-refractivity contribution in [3.63, 3.8) is 0 Å². The minimum Gasteiger partial charge on any atom is -0.497 e. The van der Waals surface area contributed by atoms with Crippen molar-refractivity contribution in [1.82, 2.24) is 25.5 Å². The molecule has 8 nitrogen and oxygen atoms in total. The zero-order valence-corrected chi connectivity index (χ0v) is 13.3. The van der Waals surface area contributed by atoms with Gasteiger partial charge in [-0.3, -0.25) is 0 Å². The smallest absolute Gasteiger partial charge is 0.319 e. The molecule has 0 unspecified atom stereocenters. The largest absolute Gasteiger partial charge is 0.497 e. The highest BCUT2D eigenvalue weighted by molar-refractivity contribution is 5.89. The van der Waals surface area contributed by atoms with Crippen LogP contribution in [-0.4, -0.2) is 33.3 Å². The first-order chi connectivity index (χ1) is 12.2. The Morgan fingerprint density at radius 3 is 2.88 bits per heavy atom. The van der Waals surface area contributed by atoms with Gasteiger partial charge in [0, 0.05) is 11.8 Å². The van der Waals surface area contributed by atoms with E-state index >= 15 is 0 Å². The van der Waals surface area contributed by atoms with Crippen molar-refractivity contribution in [3.05, 3.63) is 60.2 Å². The number of nitrogens with zero attached hydrogens (tertiary/aromatic N) is 4. The highest BCUT2D eigenvalue weighted by Gasteiger charge is 2.10. The summed E-state index contributed by atoms with van der Waals surface area (Å²) in [7, 11) is 1.55. The molecule has 1 aromatic heterocycles. The maximum absolute atomic E-state index is 13.3. The first-order valence-electron chi connectivity index (χ1n) is 7.38. The summed E-state index contributed by atoms with van der Waals surface area (Å²) < 4.78 is 19.8. The van der Waals surface area contributed by atoms with Gasteiger partial charge in [0.2, 0.25) is 0 Å². The van der Waals surface area contributed by atoms with E-state index in [1.807, 2.05) is 0 Å². The fourth-order valence-electron chi connectivity index (χ4n) is 2.16. The molecule has 0 saturated carbocycles. The standard InChI is InChI=1S/C16H15FN6O2/c1-25-14-7-3-5-12(9-14)19-16(24)18-10-15-20-21-22-23(15)13-6-2-4-11(17)8-13/h2-9H,10H2,1H3,(H2,18,19,24). The van der Waals surface area contributed by atoms with Crippen LogP contribution in [0.15, 0.2) is 48.5 Å². The van der Waals surface area contributed by atoms with Gasteiger partial charge >= 0.3 is 6.03 Å². The van der Waals surface area contributed by atoms with Gasteiger partial charge in [-0.05, 0) is 40.8 Å². The Hall–Kier alpha value is -3.49. The second kappa shape index (κ2) is 7.39. The maximum Gasteiger partial charge on any atom is 0.319 e. The number of carbonyl (C=O) groups excluding carboxylic acids is 1. The van der Waals surface area contributed by atoms with E-state index in [4.69, 9.17) is 4.74 Å². The van der Waals surface area contributed by atoms with E-state index in [-0.39, 0.29) is 6.54 Å². The summed E-state index contributed by atoms with van der Waals surface area (Å²) >= 11 is 0. The highest BCUT2D eigenvalue weighted by atomic mass is 19.1. The zero-order chi connectivity index (χ0) is 17.6. The Morgan fingerprint density at radius 2 is 2.08 bits per heavy atom. The average molecular weight is 342 g/mol. The molecule has 0 atom stereocenters. The van der Waals surface area contributed by atoms with Crippen molar-refractivity contribution in [2.24, 2.45) is 0 Å². The number of ether oxygens (including phenoxy) is 1. The number of amides is 2. The van der Waals surface area contributed by atoms with Crippen molar-refractivity contribution < 1.29 is 13.9 Å². The van der Waals surface area contributed by atoms with Gasteiger partial charge in [0.15, 0.2) is 5.82 Å². The molecule has 1 heterocycles. The molecule has 2 amide bonds. The van der Waals surface area contributed by atoms with Gasteiger partial charge < -0.3 is 15.4 Å². The van der Waals surface area contributed by atoms with E-state index in [9.17, 15) is 9.18 Å².